The first-order valence-corrected chi connectivity index (χ1v) is 1.15. The smallest absolute Gasteiger partial charge is 0 e. The van der Waals surface area contributed by atoms with E-state index in [9.17, 15) is 0 Å². The normalized spacial score (nSPS) is 2.00. The van der Waals surface area contributed by atoms with Gasteiger partial charge < -0.3 is 0 Å². The van der Waals surface area contributed by atoms with Gasteiger partial charge in [-0.3, -0.25) is 0 Å². The third kappa shape index (κ3) is 15.3. The van der Waals surface area contributed by atoms with Crippen LogP contribution in [0.3, 0.4) is 0 Å². The van der Waals surface area contributed by atoms with Crippen LogP contribution in [0.1, 0.15) is 0 Å². The zero-order valence-electron chi connectivity index (χ0n) is 1.96. The van der Waals surface area contributed by atoms with Gasteiger partial charge >= 0.3 is 0 Å². The van der Waals surface area contributed by atoms with Gasteiger partial charge in [-0.1, -0.05) is 14.9 Å². The van der Waals surface area contributed by atoms with E-state index in [0.717, 1.165) is 0 Å². The molecule has 1 radical (unpaired) electrons. The molecule has 0 amide bonds. The maximum Gasteiger partial charge on any atom is 0 e. The predicted molar refractivity (Wildman–Crippen MR) is 18.5 cm³/mol. The van der Waals surface area contributed by atoms with Crippen molar-refractivity contribution in [3.05, 3.63) is 0 Å². The van der Waals surface area contributed by atoms with Crippen molar-refractivity contribution in [2.24, 2.45) is 0 Å². The summed E-state index contributed by atoms with van der Waals surface area (Å²) in [7, 11) is 2.11. The Hall–Kier alpha value is 0.730. The molecular formula is C2H3AuP. The van der Waals surface area contributed by atoms with Crippen LogP contribution in [0.5, 0.6) is 0 Å². The van der Waals surface area contributed by atoms with Gasteiger partial charge in [0.1, 0.15) is 0 Å². The molecule has 0 aromatic carbocycles. The van der Waals surface area contributed by atoms with E-state index >= 15 is 0 Å². The Bertz CT molecular complexity index is 27.5. The van der Waals surface area contributed by atoms with E-state index in [1.165, 1.54) is 0 Å². The van der Waals surface area contributed by atoms with E-state index in [4.69, 9.17) is 0 Å². The zero-order chi connectivity index (χ0) is 2.71. The molecule has 0 bridgehead atoms. The SMILES string of the molecule is C#CP.[Au]. The van der Waals surface area contributed by atoms with Gasteiger partial charge in [-0.25, -0.2) is 0 Å². The summed E-state index contributed by atoms with van der Waals surface area (Å²) in [6.45, 7) is 0. The first-order chi connectivity index (χ1) is 1.41. The summed E-state index contributed by atoms with van der Waals surface area (Å²) in [4.78, 5) is 0. The maximum absolute atomic E-state index is 4.56. The topological polar surface area (TPSA) is 0 Å². The molecule has 1 unspecified atom stereocenters. The van der Waals surface area contributed by atoms with Crippen molar-refractivity contribution in [2.45, 2.75) is 0 Å². The Kier molecular flexibility index (Phi) is 20.5. The molecule has 0 aliphatic carbocycles. The van der Waals surface area contributed by atoms with Crippen LogP contribution in [0.15, 0.2) is 0 Å². The van der Waals surface area contributed by atoms with Gasteiger partial charge in [-0.2, -0.15) is 0 Å². The molecule has 2 heteroatoms. The molecule has 0 aliphatic heterocycles. The molecule has 0 spiro atoms. The van der Waals surface area contributed by atoms with Gasteiger partial charge in [0, 0.05) is 22.4 Å². The second-order valence-electron chi connectivity index (χ2n) is 0.167. The van der Waals surface area contributed by atoms with Gasteiger partial charge in [-0.05, 0) is 0 Å². The number of hydrogen-bond donors (Lipinski definition) is 0. The molecule has 0 aliphatic rings. The third-order valence-corrected chi connectivity index (χ3v) is 0. The van der Waals surface area contributed by atoms with Crippen molar-refractivity contribution in [1.82, 2.24) is 0 Å². The van der Waals surface area contributed by atoms with Crippen molar-refractivity contribution >= 4 is 9.24 Å². The molecule has 0 N–H and O–H groups in total. The molecule has 0 rings (SSSR count). The van der Waals surface area contributed by atoms with Gasteiger partial charge in [0.15, 0.2) is 0 Å². The minimum absolute atomic E-state index is 0. The molecule has 0 fully saturated rings. The molecular weight excluding hydrogens is 252 g/mol. The predicted octanol–water partition coefficient (Wildman–Crippen LogP) is 0.450. The standard InChI is InChI=1S/C2H3P.Au/c1-2-3;/h1H,3H2;. The minimum atomic E-state index is 0. The van der Waals surface area contributed by atoms with Gasteiger partial charge in [0.25, 0.3) is 0 Å². The van der Waals surface area contributed by atoms with Crippen LogP contribution in [0.4, 0.5) is 0 Å². The maximum atomic E-state index is 4.56. The van der Waals surface area contributed by atoms with Gasteiger partial charge in [-0.15, -0.1) is 6.42 Å². The first kappa shape index (κ1) is 8.83. The van der Waals surface area contributed by atoms with Crippen LogP contribution in [-0.2, 0) is 22.4 Å². The van der Waals surface area contributed by atoms with Gasteiger partial charge in [0.2, 0.25) is 0 Å². The van der Waals surface area contributed by atoms with E-state index in [0.29, 0.717) is 0 Å². The molecule has 1 atom stereocenters. The Labute approximate surface area is 44.1 Å². The fraction of sp³-hybridized carbons (Fsp3) is 0. The minimum Gasteiger partial charge on any atom is -0.116 e. The van der Waals surface area contributed by atoms with E-state index in [-0.39, 0.29) is 22.4 Å². The summed E-state index contributed by atoms with van der Waals surface area (Å²) in [5.41, 5.74) is 2.17. The zero-order valence-corrected chi connectivity index (χ0v) is 5.28. The molecule has 4 heavy (non-hydrogen) atoms. The quantitative estimate of drug-likeness (QED) is 0.335. The number of rotatable bonds is 0. The summed E-state index contributed by atoms with van der Waals surface area (Å²) in [6, 6.07) is 0. The van der Waals surface area contributed by atoms with Crippen molar-refractivity contribution in [1.29, 1.82) is 0 Å². The summed E-state index contributed by atoms with van der Waals surface area (Å²) in [6.07, 6.45) is 4.56. The fourth-order valence-electron chi connectivity index (χ4n) is 0. The fourth-order valence-corrected chi connectivity index (χ4v) is 0. The molecule has 0 aromatic rings. The summed E-state index contributed by atoms with van der Waals surface area (Å²) >= 11 is 0. The molecule has 0 saturated carbocycles. The molecule has 0 aromatic heterocycles. The molecule has 0 nitrogen and oxygen atoms in total. The van der Waals surface area contributed by atoms with Gasteiger partial charge in [0.05, 0.1) is 0 Å². The molecule has 0 heterocycles. The molecule has 0 saturated heterocycles. The van der Waals surface area contributed by atoms with Crippen LogP contribution in [0.25, 0.3) is 0 Å². The van der Waals surface area contributed by atoms with Crippen molar-refractivity contribution < 1.29 is 22.4 Å². The monoisotopic (exact) mass is 255 g/mol. The summed E-state index contributed by atoms with van der Waals surface area (Å²) < 4.78 is 0. The second kappa shape index (κ2) is 9.29. The number of hydrogen-bond acceptors (Lipinski definition) is 0. The van der Waals surface area contributed by atoms with Crippen LogP contribution in [0.2, 0.25) is 0 Å². The van der Waals surface area contributed by atoms with E-state index in [2.05, 4.69) is 21.3 Å². The molecule has 27 valence electrons. The van der Waals surface area contributed by atoms with Crippen molar-refractivity contribution in [3.63, 3.8) is 0 Å². The van der Waals surface area contributed by atoms with Crippen molar-refractivity contribution in [3.8, 4) is 12.1 Å². The Morgan fingerprint density at radius 2 is 1.75 bits per heavy atom. The average Bonchev–Trinajstić information content (AvgIpc) is 0.918. The van der Waals surface area contributed by atoms with Crippen LogP contribution in [-0.4, -0.2) is 0 Å². The number of terminal acetylenes is 1. The summed E-state index contributed by atoms with van der Waals surface area (Å²) in [5, 5.41) is 0. The summed E-state index contributed by atoms with van der Waals surface area (Å²) in [5.74, 6) is 0. The van der Waals surface area contributed by atoms with E-state index in [1.807, 2.05) is 0 Å². The van der Waals surface area contributed by atoms with Crippen molar-refractivity contribution in [2.75, 3.05) is 0 Å². The first-order valence-electron chi connectivity index (χ1n) is 0.577. The Morgan fingerprint density at radius 3 is 1.75 bits per heavy atom. The van der Waals surface area contributed by atoms with E-state index in [1.54, 1.807) is 0 Å². The third-order valence-electron chi connectivity index (χ3n) is 0. The van der Waals surface area contributed by atoms with Crippen LogP contribution in [0, 0.1) is 12.1 Å². The van der Waals surface area contributed by atoms with Crippen LogP contribution < -0.4 is 0 Å². The average molecular weight is 255 g/mol. The van der Waals surface area contributed by atoms with E-state index < -0.39 is 0 Å². The van der Waals surface area contributed by atoms with Crippen LogP contribution >= 0.6 is 9.24 Å². The Morgan fingerprint density at radius 1 is 1.75 bits per heavy atom. The largest absolute Gasteiger partial charge is 0.116 e. The second-order valence-corrected chi connectivity index (χ2v) is 0.500. The Balaban J connectivity index is 0.